The third kappa shape index (κ3) is 3.68. The van der Waals surface area contributed by atoms with Gasteiger partial charge < -0.3 is 10.6 Å². The van der Waals surface area contributed by atoms with Crippen molar-refractivity contribution in [1.82, 2.24) is 10.6 Å². The third-order valence-corrected chi connectivity index (χ3v) is 3.06. The average molecular weight is 254 g/mol. The van der Waals surface area contributed by atoms with Crippen LogP contribution in [0, 0.1) is 17.6 Å². The van der Waals surface area contributed by atoms with Crippen molar-refractivity contribution in [2.75, 3.05) is 0 Å². The molecular formula is C13H16F2N2O. The summed E-state index contributed by atoms with van der Waals surface area (Å²) in [6.07, 6.45) is 2.30. The van der Waals surface area contributed by atoms with Crippen molar-refractivity contribution in [2.24, 2.45) is 5.92 Å². The van der Waals surface area contributed by atoms with E-state index in [1.54, 1.807) is 0 Å². The summed E-state index contributed by atoms with van der Waals surface area (Å²) in [5, 5.41) is 5.39. The van der Waals surface area contributed by atoms with Gasteiger partial charge in [-0.25, -0.2) is 13.6 Å². The van der Waals surface area contributed by atoms with E-state index in [-0.39, 0.29) is 18.6 Å². The van der Waals surface area contributed by atoms with Crippen LogP contribution in [0.2, 0.25) is 0 Å². The Morgan fingerprint density at radius 2 is 1.94 bits per heavy atom. The Labute approximate surface area is 105 Å². The van der Waals surface area contributed by atoms with Crippen molar-refractivity contribution in [1.29, 1.82) is 0 Å². The summed E-state index contributed by atoms with van der Waals surface area (Å²) in [5.41, 5.74) is 0.404. The van der Waals surface area contributed by atoms with Gasteiger partial charge in [0.1, 0.15) is 11.6 Å². The molecule has 3 nitrogen and oxygen atoms in total. The fourth-order valence-electron chi connectivity index (χ4n) is 1.87. The maximum Gasteiger partial charge on any atom is 0.315 e. The Hall–Kier alpha value is -1.65. The van der Waals surface area contributed by atoms with E-state index < -0.39 is 11.6 Å². The Morgan fingerprint density at radius 1 is 1.33 bits per heavy atom. The molecule has 0 heterocycles. The minimum Gasteiger partial charge on any atom is -0.335 e. The van der Waals surface area contributed by atoms with Crippen LogP contribution in [0.1, 0.15) is 25.3 Å². The zero-order valence-electron chi connectivity index (χ0n) is 10.2. The van der Waals surface area contributed by atoms with E-state index in [0.717, 1.165) is 18.9 Å². The van der Waals surface area contributed by atoms with Gasteiger partial charge in [0.2, 0.25) is 0 Å². The summed E-state index contributed by atoms with van der Waals surface area (Å²) in [6, 6.07) is 3.05. The van der Waals surface area contributed by atoms with Gasteiger partial charge in [-0.05, 0) is 43.4 Å². The normalized spacial score (nSPS) is 16.2. The van der Waals surface area contributed by atoms with Crippen LogP contribution in [0.5, 0.6) is 0 Å². The summed E-state index contributed by atoms with van der Waals surface area (Å²) in [7, 11) is 0. The lowest BCUT2D eigenvalue weighted by Gasteiger charge is -2.13. The average Bonchev–Trinajstić information content (AvgIpc) is 3.08. The summed E-state index contributed by atoms with van der Waals surface area (Å²) >= 11 is 0. The Kier molecular flexibility index (Phi) is 3.79. The predicted octanol–water partition coefficient (Wildman–Crippen LogP) is 2.56. The van der Waals surface area contributed by atoms with Crippen molar-refractivity contribution < 1.29 is 13.6 Å². The summed E-state index contributed by atoms with van der Waals surface area (Å²) in [5.74, 6) is -0.709. The lowest BCUT2D eigenvalue weighted by Crippen LogP contribution is -2.41. The minimum atomic E-state index is -0.640. The molecule has 1 aromatic rings. The monoisotopic (exact) mass is 254 g/mol. The molecular weight excluding hydrogens is 238 g/mol. The Balaban J connectivity index is 1.81. The SMILES string of the molecule is CC(NC(=O)NCc1cc(F)cc(F)c1)C1CC1. The molecule has 18 heavy (non-hydrogen) atoms. The number of benzene rings is 1. The van der Waals surface area contributed by atoms with Crippen molar-refractivity contribution in [3.63, 3.8) is 0 Å². The van der Waals surface area contributed by atoms with Gasteiger partial charge >= 0.3 is 6.03 Å². The zero-order valence-corrected chi connectivity index (χ0v) is 10.2. The number of rotatable bonds is 4. The van der Waals surface area contributed by atoms with E-state index in [4.69, 9.17) is 0 Å². The first-order chi connectivity index (χ1) is 8.54. The molecule has 2 amide bonds. The Morgan fingerprint density at radius 3 is 2.50 bits per heavy atom. The van der Waals surface area contributed by atoms with E-state index in [9.17, 15) is 13.6 Å². The molecule has 5 heteroatoms. The Bertz CT molecular complexity index is 426. The molecule has 1 unspecified atom stereocenters. The standard InChI is InChI=1S/C13H16F2N2O/c1-8(10-2-3-10)17-13(18)16-7-9-4-11(14)6-12(15)5-9/h4-6,8,10H,2-3,7H2,1H3,(H2,16,17,18). The number of hydrogen-bond acceptors (Lipinski definition) is 1. The van der Waals surface area contributed by atoms with E-state index in [1.807, 2.05) is 6.92 Å². The highest BCUT2D eigenvalue weighted by atomic mass is 19.1. The number of hydrogen-bond donors (Lipinski definition) is 2. The van der Waals surface area contributed by atoms with Crippen molar-refractivity contribution in [3.8, 4) is 0 Å². The molecule has 2 rings (SSSR count). The molecule has 0 aromatic heterocycles. The lowest BCUT2D eigenvalue weighted by atomic mass is 10.2. The summed E-state index contributed by atoms with van der Waals surface area (Å²) < 4.78 is 25.8. The van der Waals surface area contributed by atoms with Gasteiger partial charge in [-0.1, -0.05) is 0 Å². The number of urea groups is 1. The lowest BCUT2D eigenvalue weighted by molar-refractivity contribution is 0.236. The molecule has 0 aliphatic heterocycles. The van der Waals surface area contributed by atoms with Gasteiger partial charge in [-0.15, -0.1) is 0 Å². The molecule has 0 radical (unpaired) electrons. The van der Waals surface area contributed by atoms with E-state index in [1.165, 1.54) is 12.1 Å². The molecule has 1 fully saturated rings. The topological polar surface area (TPSA) is 41.1 Å². The molecule has 1 saturated carbocycles. The molecule has 1 aromatic carbocycles. The highest BCUT2D eigenvalue weighted by Crippen LogP contribution is 2.32. The van der Waals surface area contributed by atoms with Gasteiger partial charge in [0, 0.05) is 18.7 Å². The smallest absolute Gasteiger partial charge is 0.315 e. The highest BCUT2D eigenvalue weighted by Gasteiger charge is 2.28. The van der Waals surface area contributed by atoms with Crippen molar-refractivity contribution >= 4 is 6.03 Å². The molecule has 1 aliphatic carbocycles. The third-order valence-electron chi connectivity index (χ3n) is 3.06. The second kappa shape index (κ2) is 5.33. The number of halogens is 2. The molecule has 0 spiro atoms. The van der Waals surface area contributed by atoms with E-state index >= 15 is 0 Å². The first-order valence-corrected chi connectivity index (χ1v) is 6.04. The van der Waals surface area contributed by atoms with Crippen LogP contribution in [-0.4, -0.2) is 12.1 Å². The van der Waals surface area contributed by atoms with Gasteiger partial charge in [0.15, 0.2) is 0 Å². The second-order valence-electron chi connectivity index (χ2n) is 4.73. The fourth-order valence-corrected chi connectivity index (χ4v) is 1.87. The highest BCUT2D eigenvalue weighted by molar-refractivity contribution is 5.74. The fraction of sp³-hybridized carbons (Fsp3) is 0.462. The van der Waals surface area contributed by atoms with Crippen LogP contribution in [0.4, 0.5) is 13.6 Å². The van der Waals surface area contributed by atoms with Crippen LogP contribution < -0.4 is 10.6 Å². The van der Waals surface area contributed by atoms with E-state index in [2.05, 4.69) is 10.6 Å². The van der Waals surface area contributed by atoms with Crippen LogP contribution in [0.25, 0.3) is 0 Å². The molecule has 1 atom stereocenters. The molecule has 0 saturated heterocycles. The summed E-state index contributed by atoms with van der Waals surface area (Å²) in [4.78, 5) is 11.5. The number of amides is 2. The minimum absolute atomic E-state index is 0.109. The van der Waals surface area contributed by atoms with Gasteiger partial charge in [0.05, 0.1) is 0 Å². The maximum atomic E-state index is 12.9. The van der Waals surface area contributed by atoms with Crippen molar-refractivity contribution in [2.45, 2.75) is 32.4 Å². The predicted molar refractivity (Wildman–Crippen MR) is 63.9 cm³/mol. The first-order valence-electron chi connectivity index (χ1n) is 6.04. The van der Waals surface area contributed by atoms with Crippen LogP contribution in [0.15, 0.2) is 18.2 Å². The van der Waals surface area contributed by atoms with Crippen LogP contribution >= 0.6 is 0 Å². The molecule has 1 aliphatic rings. The number of carbonyl (C=O) groups is 1. The first kappa shape index (κ1) is 12.8. The summed E-state index contributed by atoms with van der Waals surface area (Å²) in [6.45, 7) is 2.07. The van der Waals surface area contributed by atoms with Gasteiger partial charge in [-0.3, -0.25) is 0 Å². The largest absolute Gasteiger partial charge is 0.335 e. The van der Waals surface area contributed by atoms with Gasteiger partial charge in [0.25, 0.3) is 0 Å². The van der Waals surface area contributed by atoms with E-state index in [0.29, 0.717) is 11.5 Å². The molecule has 98 valence electrons. The van der Waals surface area contributed by atoms with Gasteiger partial charge in [-0.2, -0.15) is 0 Å². The number of nitrogens with one attached hydrogen (secondary N) is 2. The molecule has 0 bridgehead atoms. The van der Waals surface area contributed by atoms with Crippen molar-refractivity contribution in [3.05, 3.63) is 35.4 Å². The molecule has 2 N–H and O–H groups in total. The number of carbonyl (C=O) groups excluding carboxylic acids is 1. The maximum absolute atomic E-state index is 12.9. The van der Waals surface area contributed by atoms with Crippen LogP contribution in [-0.2, 0) is 6.54 Å². The second-order valence-corrected chi connectivity index (χ2v) is 4.73. The van der Waals surface area contributed by atoms with Crippen LogP contribution in [0.3, 0.4) is 0 Å². The zero-order chi connectivity index (χ0) is 13.1. The quantitative estimate of drug-likeness (QED) is 0.851.